The third-order valence-electron chi connectivity index (χ3n) is 4.31. The van der Waals surface area contributed by atoms with Crippen molar-refractivity contribution < 1.29 is 9.53 Å². The Morgan fingerprint density at radius 1 is 1.00 bits per heavy atom. The first-order valence-corrected chi connectivity index (χ1v) is 6.98. The van der Waals surface area contributed by atoms with Gasteiger partial charge < -0.3 is 4.74 Å². The second-order valence-corrected chi connectivity index (χ2v) is 5.53. The lowest BCUT2D eigenvalue weighted by atomic mass is 9.92. The van der Waals surface area contributed by atoms with Crippen LogP contribution in [-0.2, 0) is 9.53 Å². The first kappa shape index (κ1) is 11.9. The van der Waals surface area contributed by atoms with E-state index in [1.54, 1.807) is 0 Å². The third kappa shape index (κ3) is 2.99. The van der Waals surface area contributed by atoms with Crippen LogP contribution in [0.3, 0.4) is 0 Å². The average molecular weight is 224 g/mol. The van der Waals surface area contributed by atoms with E-state index in [2.05, 4.69) is 6.92 Å². The molecular weight excluding hydrogens is 200 g/mol. The summed E-state index contributed by atoms with van der Waals surface area (Å²) in [5.74, 6) is 0.791. The Morgan fingerprint density at radius 2 is 1.56 bits per heavy atom. The molecule has 2 rings (SSSR count). The van der Waals surface area contributed by atoms with Crippen LogP contribution in [0.4, 0.5) is 0 Å². The van der Waals surface area contributed by atoms with Gasteiger partial charge in [0.1, 0.15) is 6.10 Å². The highest BCUT2D eigenvalue weighted by Gasteiger charge is 2.29. The molecule has 0 heterocycles. The molecule has 0 aromatic heterocycles. The molecule has 0 bridgehead atoms. The fourth-order valence-corrected chi connectivity index (χ4v) is 3.10. The summed E-state index contributed by atoms with van der Waals surface area (Å²) in [6.45, 7) is 2.06. The van der Waals surface area contributed by atoms with Crippen molar-refractivity contribution in [3.63, 3.8) is 0 Å². The number of carbonyl (C=O) groups is 1. The summed E-state index contributed by atoms with van der Waals surface area (Å²) in [6.07, 6.45) is 11.2. The molecule has 1 atom stereocenters. The zero-order chi connectivity index (χ0) is 11.4. The summed E-state index contributed by atoms with van der Waals surface area (Å²) in [5.41, 5.74) is 0. The van der Waals surface area contributed by atoms with Gasteiger partial charge in [-0.2, -0.15) is 0 Å². The quantitative estimate of drug-likeness (QED) is 0.683. The smallest absolute Gasteiger partial charge is 0.309 e. The Labute approximate surface area is 98.7 Å². The monoisotopic (exact) mass is 224 g/mol. The highest BCUT2D eigenvalue weighted by atomic mass is 16.5. The number of carbonyl (C=O) groups excluding carboxylic acids is 1. The van der Waals surface area contributed by atoms with Gasteiger partial charge in [0.15, 0.2) is 0 Å². The first-order chi connectivity index (χ1) is 7.77. The summed E-state index contributed by atoms with van der Waals surface area (Å²) >= 11 is 0. The van der Waals surface area contributed by atoms with E-state index < -0.39 is 0 Å². The SMILES string of the molecule is CC(C(=O)OC1CCCCC1)C1CCCC1. The molecule has 2 aliphatic carbocycles. The lowest BCUT2D eigenvalue weighted by molar-refractivity contribution is -0.156. The van der Waals surface area contributed by atoms with Crippen LogP contribution in [-0.4, -0.2) is 12.1 Å². The molecule has 0 spiro atoms. The summed E-state index contributed by atoms with van der Waals surface area (Å²) in [4.78, 5) is 12.0. The molecule has 0 saturated heterocycles. The van der Waals surface area contributed by atoms with Gasteiger partial charge in [0.25, 0.3) is 0 Å². The van der Waals surface area contributed by atoms with Gasteiger partial charge in [-0.3, -0.25) is 4.79 Å². The number of rotatable bonds is 3. The van der Waals surface area contributed by atoms with E-state index in [-0.39, 0.29) is 18.0 Å². The molecule has 0 aliphatic heterocycles. The molecule has 2 saturated carbocycles. The van der Waals surface area contributed by atoms with Gasteiger partial charge in [-0.1, -0.05) is 26.2 Å². The summed E-state index contributed by atoms with van der Waals surface area (Å²) in [6, 6.07) is 0. The Kier molecular flexibility index (Phi) is 4.25. The van der Waals surface area contributed by atoms with Crippen molar-refractivity contribution in [3.05, 3.63) is 0 Å². The van der Waals surface area contributed by atoms with Crippen LogP contribution in [0.15, 0.2) is 0 Å². The van der Waals surface area contributed by atoms with Crippen LogP contribution >= 0.6 is 0 Å². The predicted molar refractivity (Wildman–Crippen MR) is 64.1 cm³/mol. The van der Waals surface area contributed by atoms with Crippen LogP contribution in [0.2, 0.25) is 0 Å². The fraction of sp³-hybridized carbons (Fsp3) is 0.929. The van der Waals surface area contributed by atoms with Crippen molar-refractivity contribution in [2.45, 2.75) is 70.8 Å². The molecule has 16 heavy (non-hydrogen) atoms. The molecule has 2 nitrogen and oxygen atoms in total. The van der Waals surface area contributed by atoms with Crippen molar-refractivity contribution in [2.24, 2.45) is 11.8 Å². The highest BCUT2D eigenvalue weighted by Crippen LogP contribution is 2.32. The van der Waals surface area contributed by atoms with E-state index in [0.29, 0.717) is 5.92 Å². The van der Waals surface area contributed by atoms with E-state index in [0.717, 1.165) is 12.8 Å². The number of hydrogen-bond donors (Lipinski definition) is 0. The molecule has 0 radical (unpaired) electrons. The maximum atomic E-state index is 12.0. The first-order valence-electron chi connectivity index (χ1n) is 6.98. The van der Waals surface area contributed by atoms with Gasteiger partial charge in [0, 0.05) is 0 Å². The number of esters is 1. The Hall–Kier alpha value is -0.530. The molecule has 1 unspecified atom stereocenters. The van der Waals surface area contributed by atoms with Crippen LogP contribution in [0.25, 0.3) is 0 Å². The largest absolute Gasteiger partial charge is 0.462 e. The minimum atomic E-state index is 0.0683. The normalized spacial score (nSPS) is 25.6. The van der Waals surface area contributed by atoms with Crippen LogP contribution < -0.4 is 0 Å². The Bertz CT molecular complexity index is 225. The standard InChI is InChI=1S/C14H24O2/c1-11(12-7-5-6-8-12)14(15)16-13-9-3-2-4-10-13/h11-13H,2-10H2,1H3. The zero-order valence-electron chi connectivity index (χ0n) is 10.4. The predicted octanol–water partition coefficient (Wildman–Crippen LogP) is 3.69. The molecule has 2 heteroatoms. The average Bonchev–Trinajstić information content (AvgIpc) is 2.83. The lowest BCUT2D eigenvalue weighted by Crippen LogP contribution is -2.27. The van der Waals surface area contributed by atoms with Gasteiger partial charge in [-0.05, 0) is 44.4 Å². The summed E-state index contributed by atoms with van der Waals surface area (Å²) < 4.78 is 5.63. The second-order valence-electron chi connectivity index (χ2n) is 5.53. The van der Waals surface area contributed by atoms with Gasteiger partial charge in [0.2, 0.25) is 0 Å². The molecular formula is C14H24O2. The zero-order valence-corrected chi connectivity index (χ0v) is 10.4. The van der Waals surface area contributed by atoms with Crippen molar-refractivity contribution >= 4 is 5.97 Å². The molecule has 2 aliphatic rings. The summed E-state index contributed by atoms with van der Waals surface area (Å²) in [7, 11) is 0. The van der Waals surface area contributed by atoms with Crippen molar-refractivity contribution in [1.29, 1.82) is 0 Å². The Morgan fingerprint density at radius 3 is 2.19 bits per heavy atom. The number of hydrogen-bond acceptors (Lipinski definition) is 2. The third-order valence-corrected chi connectivity index (χ3v) is 4.31. The van der Waals surface area contributed by atoms with Crippen molar-refractivity contribution in [1.82, 2.24) is 0 Å². The topological polar surface area (TPSA) is 26.3 Å². The van der Waals surface area contributed by atoms with Crippen LogP contribution in [0, 0.1) is 11.8 Å². The van der Waals surface area contributed by atoms with Crippen LogP contribution in [0.1, 0.15) is 64.7 Å². The molecule has 0 amide bonds. The second kappa shape index (κ2) is 5.70. The van der Waals surface area contributed by atoms with E-state index in [9.17, 15) is 4.79 Å². The minimum Gasteiger partial charge on any atom is -0.462 e. The van der Waals surface area contributed by atoms with Gasteiger partial charge in [-0.25, -0.2) is 0 Å². The van der Waals surface area contributed by atoms with Crippen molar-refractivity contribution in [2.75, 3.05) is 0 Å². The van der Waals surface area contributed by atoms with Gasteiger partial charge >= 0.3 is 5.97 Å². The van der Waals surface area contributed by atoms with Gasteiger partial charge in [0.05, 0.1) is 5.92 Å². The maximum absolute atomic E-state index is 12.0. The minimum absolute atomic E-state index is 0.0683. The highest BCUT2D eigenvalue weighted by molar-refractivity contribution is 5.72. The Balaban J connectivity index is 1.77. The van der Waals surface area contributed by atoms with Crippen molar-refractivity contribution in [3.8, 4) is 0 Å². The molecule has 92 valence electrons. The number of ether oxygens (including phenoxy) is 1. The lowest BCUT2D eigenvalue weighted by Gasteiger charge is -2.25. The van der Waals surface area contributed by atoms with Gasteiger partial charge in [-0.15, -0.1) is 0 Å². The molecule has 0 aromatic rings. The van der Waals surface area contributed by atoms with Crippen LogP contribution in [0.5, 0.6) is 0 Å². The molecule has 0 aromatic carbocycles. The molecule has 0 N–H and O–H groups in total. The van der Waals surface area contributed by atoms with E-state index >= 15 is 0 Å². The van der Waals surface area contributed by atoms with E-state index in [1.165, 1.54) is 44.9 Å². The summed E-state index contributed by atoms with van der Waals surface area (Å²) in [5, 5.41) is 0. The van der Waals surface area contributed by atoms with E-state index in [1.807, 2.05) is 0 Å². The maximum Gasteiger partial charge on any atom is 0.309 e. The fourth-order valence-electron chi connectivity index (χ4n) is 3.10. The molecule has 2 fully saturated rings. The van der Waals surface area contributed by atoms with E-state index in [4.69, 9.17) is 4.74 Å².